The Morgan fingerprint density at radius 1 is 1.14 bits per heavy atom. The summed E-state index contributed by atoms with van der Waals surface area (Å²) in [5.41, 5.74) is 1.16. The summed E-state index contributed by atoms with van der Waals surface area (Å²) in [6, 6.07) is 6.24. The normalized spacial score (nSPS) is 16.5. The fraction of sp³-hybridized carbons (Fsp3) is 0.571. The van der Waals surface area contributed by atoms with E-state index in [1.54, 1.807) is 14.2 Å². The number of hydrogen-bond acceptors (Lipinski definition) is 7. The molecule has 0 spiro atoms. The van der Waals surface area contributed by atoms with Crippen LogP contribution in [0.1, 0.15) is 30.8 Å². The topological polar surface area (TPSA) is 68.5 Å². The number of nitrogens with zero attached hydrogens (tertiary/aromatic N) is 6. The third kappa shape index (κ3) is 5.13. The van der Waals surface area contributed by atoms with Gasteiger partial charge in [-0.25, -0.2) is 4.68 Å². The Kier molecular flexibility index (Phi) is 7.60. The van der Waals surface area contributed by atoms with Gasteiger partial charge in [0.25, 0.3) is 0 Å². The summed E-state index contributed by atoms with van der Waals surface area (Å²) in [5, 5.41) is 12.6. The zero-order valence-electron chi connectivity index (χ0n) is 17.8. The minimum absolute atomic E-state index is 0.237. The van der Waals surface area contributed by atoms with E-state index in [-0.39, 0.29) is 6.04 Å². The van der Waals surface area contributed by atoms with Crippen LogP contribution in [0.5, 0.6) is 11.5 Å². The molecule has 1 aliphatic heterocycles. The SMILES string of the molecule is C=CCN1CCN(C(CC)c2nnnn2CCc2ccc(OC)c(OC)c2)CC1. The number of aromatic nitrogens is 4. The molecule has 0 aliphatic carbocycles. The number of piperazine rings is 1. The number of aryl methyl sites for hydroxylation is 2. The zero-order chi connectivity index (χ0) is 20.6. The first-order chi connectivity index (χ1) is 14.2. The molecule has 0 radical (unpaired) electrons. The minimum Gasteiger partial charge on any atom is -0.493 e. The zero-order valence-corrected chi connectivity index (χ0v) is 17.8. The van der Waals surface area contributed by atoms with Crippen LogP contribution in [0.15, 0.2) is 30.9 Å². The highest BCUT2D eigenvalue weighted by Gasteiger charge is 2.27. The van der Waals surface area contributed by atoms with E-state index >= 15 is 0 Å². The van der Waals surface area contributed by atoms with Crippen molar-refractivity contribution >= 4 is 0 Å². The average Bonchev–Trinajstić information content (AvgIpc) is 3.22. The molecule has 1 aliphatic rings. The summed E-state index contributed by atoms with van der Waals surface area (Å²) in [7, 11) is 3.30. The Bertz CT molecular complexity index is 785. The molecule has 8 heteroatoms. The van der Waals surface area contributed by atoms with Crippen molar-refractivity contribution in [3.05, 3.63) is 42.2 Å². The highest BCUT2D eigenvalue weighted by Crippen LogP contribution is 2.28. The quantitative estimate of drug-likeness (QED) is 0.566. The van der Waals surface area contributed by atoms with Gasteiger partial charge in [0.2, 0.25) is 0 Å². The molecule has 3 rings (SSSR count). The van der Waals surface area contributed by atoms with Crippen molar-refractivity contribution in [1.29, 1.82) is 0 Å². The lowest BCUT2D eigenvalue weighted by molar-refractivity contribution is 0.0946. The molecule has 0 bridgehead atoms. The monoisotopic (exact) mass is 400 g/mol. The predicted octanol–water partition coefficient (Wildman–Crippen LogP) is 2.19. The van der Waals surface area contributed by atoms with Crippen LogP contribution in [0.4, 0.5) is 0 Å². The van der Waals surface area contributed by atoms with Crippen LogP contribution >= 0.6 is 0 Å². The molecular formula is C21H32N6O2. The van der Waals surface area contributed by atoms with Crippen LogP contribution < -0.4 is 9.47 Å². The van der Waals surface area contributed by atoms with Crippen LogP contribution in [0.25, 0.3) is 0 Å². The molecule has 8 nitrogen and oxygen atoms in total. The lowest BCUT2D eigenvalue weighted by Crippen LogP contribution is -2.47. The summed E-state index contributed by atoms with van der Waals surface area (Å²) in [6.45, 7) is 11.9. The molecule has 29 heavy (non-hydrogen) atoms. The summed E-state index contributed by atoms with van der Waals surface area (Å²) in [6.07, 6.45) is 3.78. The molecule has 1 atom stereocenters. The highest BCUT2D eigenvalue weighted by atomic mass is 16.5. The van der Waals surface area contributed by atoms with E-state index in [1.165, 1.54) is 0 Å². The number of methoxy groups -OCH3 is 2. The third-order valence-electron chi connectivity index (χ3n) is 5.54. The maximum absolute atomic E-state index is 5.41. The maximum atomic E-state index is 5.41. The van der Waals surface area contributed by atoms with Gasteiger partial charge in [-0.05, 0) is 41.0 Å². The summed E-state index contributed by atoms with van der Waals surface area (Å²) >= 11 is 0. The fourth-order valence-corrected chi connectivity index (χ4v) is 3.92. The van der Waals surface area contributed by atoms with E-state index in [9.17, 15) is 0 Å². The molecule has 158 valence electrons. The molecule has 0 N–H and O–H groups in total. The molecule has 1 fully saturated rings. The van der Waals surface area contributed by atoms with Gasteiger partial charge in [0.1, 0.15) is 0 Å². The van der Waals surface area contributed by atoms with Crippen LogP contribution in [-0.4, -0.2) is 77.0 Å². The summed E-state index contributed by atoms with van der Waals surface area (Å²) in [4.78, 5) is 4.93. The average molecular weight is 401 g/mol. The van der Waals surface area contributed by atoms with Gasteiger partial charge in [0.05, 0.1) is 20.3 Å². The molecule has 0 saturated carbocycles. The molecule has 2 aromatic rings. The van der Waals surface area contributed by atoms with E-state index in [0.29, 0.717) is 0 Å². The first-order valence-electron chi connectivity index (χ1n) is 10.2. The Balaban J connectivity index is 1.66. The van der Waals surface area contributed by atoms with Crippen molar-refractivity contribution in [2.45, 2.75) is 32.4 Å². The van der Waals surface area contributed by atoms with E-state index in [4.69, 9.17) is 9.47 Å². The Morgan fingerprint density at radius 2 is 1.90 bits per heavy atom. The lowest BCUT2D eigenvalue weighted by atomic mass is 10.1. The second-order valence-electron chi connectivity index (χ2n) is 7.25. The van der Waals surface area contributed by atoms with Gasteiger partial charge in [-0.1, -0.05) is 19.1 Å². The molecule has 1 unspecified atom stereocenters. The first-order valence-corrected chi connectivity index (χ1v) is 10.2. The number of ether oxygens (including phenoxy) is 2. The Labute approximate surface area is 173 Å². The van der Waals surface area contributed by atoms with E-state index in [0.717, 1.165) is 75.0 Å². The van der Waals surface area contributed by atoms with Crippen LogP contribution in [-0.2, 0) is 13.0 Å². The molecule has 1 aromatic carbocycles. The smallest absolute Gasteiger partial charge is 0.168 e. The first kappa shape index (κ1) is 21.3. The highest BCUT2D eigenvalue weighted by molar-refractivity contribution is 5.42. The van der Waals surface area contributed by atoms with Gasteiger partial charge < -0.3 is 9.47 Å². The standard InChI is InChI=1S/C21H32N6O2/c1-5-10-25-12-14-26(15-13-25)18(6-2)21-22-23-24-27(21)11-9-17-7-8-19(28-3)20(16-17)29-4/h5,7-8,16,18H,1,6,9-15H2,2-4H3. The molecule has 1 aromatic heterocycles. The second kappa shape index (κ2) is 10.4. The van der Waals surface area contributed by atoms with Crippen LogP contribution in [0.2, 0.25) is 0 Å². The molecule has 0 amide bonds. The number of rotatable bonds is 10. The number of hydrogen-bond donors (Lipinski definition) is 0. The molecule has 2 heterocycles. The lowest BCUT2D eigenvalue weighted by Gasteiger charge is -2.38. The van der Waals surface area contributed by atoms with Crippen molar-refractivity contribution in [1.82, 2.24) is 30.0 Å². The predicted molar refractivity (Wildman–Crippen MR) is 112 cm³/mol. The minimum atomic E-state index is 0.237. The molecule has 1 saturated heterocycles. The van der Waals surface area contributed by atoms with Gasteiger partial charge >= 0.3 is 0 Å². The van der Waals surface area contributed by atoms with Crippen molar-refractivity contribution in [2.75, 3.05) is 46.9 Å². The van der Waals surface area contributed by atoms with Crippen molar-refractivity contribution in [3.8, 4) is 11.5 Å². The Hall–Kier alpha value is -2.45. The van der Waals surface area contributed by atoms with E-state index in [2.05, 4.69) is 44.9 Å². The van der Waals surface area contributed by atoms with E-state index in [1.807, 2.05) is 22.9 Å². The van der Waals surface area contributed by atoms with Crippen molar-refractivity contribution in [3.63, 3.8) is 0 Å². The van der Waals surface area contributed by atoms with Gasteiger partial charge in [-0.3, -0.25) is 9.80 Å². The van der Waals surface area contributed by atoms with Gasteiger partial charge in [-0.15, -0.1) is 11.7 Å². The van der Waals surface area contributed by atoms with Gasteiger partial charge in [-0.2, -0.15) is 0 Å². The van der Waals surface area contributed by atoms with Gasteiger partial charge in [0, 0.05) is 39.3 Å². The van der Waals surface area contributed by atoms with Gasteiger partial charge in [0.15, 0.2) is 17.3 Å². The summed E-state index contributed by atoms with van der Waals surface area (Å²) < 4.78 is 12.7. The number of tetrazole rings is 1. The Morgan fingerprint density at radius 3 is 2.55 bits per heavy atom. The van der Waals surface area contributed by atoms with Crippen molar-refractivity contribution < 1.29 is 9.47 Å². The van der Waals surface area contributed by atoms with E-state index < -0.39 is 0 Å². The maximum Gasteiger partial charge on any atom is 0.168 e. The number of benzene rings is 1. The van der Waals surface area contributed by atoms with Crippen LogP contribution in [0, 0.1) is 0 Å². The largest absolute Gasteiger partial charge is 0.493 e. The second-order valence-corrected chi connectivity index (χ2v) is 7.25. The molecular weight excluding hydrogens is 368 g/mol. The van der Waals surface area contributed by atoms with Crippen LogP contribution in [0.3, 0.4) is 0 Å². The third-order valence-corrected chi connectivity index (χ3v) is 5.54. The fourth-order valence-electron chi connectivity index (χ4n) is 3.92. The summed E-state index contributed by atoms with van der Waals surface area (Å²) in [5.74, 6) is 2.43. The van der Waals surface area contributed by atoms with Crippen molar-refractivity contribution in [2.24, 2.45) is 0 Å².